The van der Waals surface area contributed by atoms with Gasteiger partial charge in [0.25, 0.3) is 0 Å². The molecule has 170 valence electrons. The lowest BCUT2D eigenvalue weighted by molar-refractivity contribution is 0.298. The summed E-state index contributed by atoms with van der Waals surface area (Å²) in [4.78, 5) is 16.9. The summed E-state index contributed by atoms with van der Waals surface area (Å²) in [5, 5.41) is 17.3. The molecule has 10 nitrogen and oxygen atoms in total. The maximum atomic E-state index is 12.3. The SMILES string of the molecule is Cn1cc(-n2ccc(=O)c(COc3ccc4ncc(-c5cnn(C6CNC6)c5)cc4c3)n2)cn1. The monoisotopic (exact) mass is 454 g/mol. The van der Waals surface area contributed by atoms with Gasteiger partial charge in [-0.1, -0.05) is 0 Å². The van der Waals surface area contributed by atoms with Crippen molar-refractivity contribution in [2.45, 2.75) is 12.6 Å². The van der Waals surface area contributed by atoms with Gasteiger partial charge in [-0.25, -0.2) is 4.68 Å². The van der Waals surface area contributed by atoms with Crippen LogP contribution >= 0.6 is 0 Å². The minimum Gasteiger partial charge on any atom is -0.487 e. The van der Waals surface area contributed by atoms with E-state index in [1.165, 1.54) is 6.07 Å². The molecule has 34 heavy (non-hydrogen) atoms. The van der Waals surface area contributed by atoms with Crippen molar-refractivity contribution in [1.29, 1.82) is 0 Å². The van der Waals surface area contributed by atoms with Crippen molar-refractivity contribution < 1.29 is 4.74 Å². The topological polar surface area (TPSA) is 105 Å². The number of nitrogens with zero attached hydrogens (tertiary/aromatic N) is 7. The molecule has 1 saturated heterocycles. The van der Waals surface area contributed by atoms with Crippen molar-refractivity contribution in [2.75, 3.05) is 13.1 Å². The molecule has 1 aliphatic rings. The second kappa shape index (κ2) is 8.23. The van der Waals surface area contributed by atoms with Crippen molar-refractivity contribution in [3.8, 4) is 22.6 Å². The third kappa shape index (κ3) is 3.84. The van der Waals surface area contributed by atoms with Crippen LogP contribution in [0.5, 0.6) is 5.75 Å². The zero-order valence-electron chi connectivity index (χ0n) is 18.5. The highest BCUT2D eigenvalue weighted by Gasteiger charge is 2.19. The average Bonchev–Trinajstić information content (AvgIpc) is 3.46. The summed E-state index contributed by atoms with van der Waals surface area (Å²) >= 11 is 0. The lowest BCUT2D eigenvalue weighted by Crippen LogP contribution is -2.43. The third-order valence-corrected chi connectivity index (χ3v) is 5.93. The van der Waals surface area contributed by atoms with Crippen molar-refractivity contribution in [1.82, 2.24) is 39.6 Å². The number of rotatable bonds is 6. The van der Waals surface area contributed by atoms with Crippen LogP contribution in [0.2, 0.25) is 0 Å². The van der Waals surface area contributed by atoms with E-state index in [1.54, 1.807) is 21.8 Å². The number of hydrogen-bond donors (Lipinski definition) is 1. The molecule has 0 aliphatic carbocycles. The summed E-state index contributed by atoms with van der Waals surface area (Å²) in [6.45, 7) is 1.95. The predicted octanol–water partition coefficient (Wildman–Crippen LogP) is 2.10. The van der Waals surface area contributed by atoms with Crippen LogP contribution in [0.1, 0.15) is 11.7 Å². The molecule has 0 atom stereocenters. The fourth-order valence-corrected chi connectivity index (χ4v) is 3.87. The molecular formula is C24H22N8O2. The second-order valence-corrected chi connectivity index (χ2v) is 8.33. The van der Waals surface area contributed by atoms with Gasteiger partial charge in [-0.05, 0) is 24.3 Å². The van der Waals surface area contributed by atoms with Gasteiger partial charge < -0.3 is 10.1 Å². The number of pyridine rings is 1. The van der Waals surface area contributed by atoms with Crippen LogP contribution in [0.15, 0.2) is 72.3 Å². The number of ether oxygens (including phenoxy) is 1. The van der Waals surface area contributed by atoms with Crippen LogP contribution < -0.4 is 15.5 Å². The van der Waals surface area contributed by atoms with E-state index in [0.717, 1.165) is 40.8 Å². The molecule has 0 unspecified atom stereocenters. The third-order valence-electron chi connectivity index (χ3n) is 5.93. The van der Waals surface area contributed by atoms with Crippen molar-refractivity contribution in [2.24, 2.45) is 7.05 Å². The highest BCUT2D eigenvalue weighted by Crippen LogP contribution is 2.26. The number of aryl methyl sites for hydroxylation is 1. The maximum absolute atomic E-state index is 12.3. The Bertz CT molecular complexity index is 1550. The van der Waals surface area contributed by atoms with Crippen LogP contribution in [0.25, 0.3) is 27.7 Å². The van der Waals surface area contributed by atoms with Gasteiger partial charge in [0, 0.05) is 61.3 Å². The first-order chi connectivity index (χ1) is 16.6. The fourth-order valence-electron chi connectivity index (χ4n) is 3.87. The summed E-state index contributed by atoms with van der Waals surface area (Å²) in [7, 11) is 1.83. The summed E-state index contributed by atoms with van der Waals surface area (Å²) in [5.41, 5.74) is 3.79. The Morgan fingerprint density at radius 3 is 2.76 bits per heavy atom. The first-order valence-corrected chi connectivity index (χ1v) is 11.0. The van der Waals surface area contributed by atoms with E-state index in [4.69, 9.17) is 4.74 Å². The molecule has 0 amide bonds. The molecule has 1 aliphatic heterocycles. The molecule has 0 spiro atoms. The van der Waals surface area contributed by atoms with Gasteiger partial charge in [0.2, 0.25) is 5.43 Å². The van der Waals surface area contributed by atoms with Crippen molar-refractivity contribution in [3.63, 3.8) is 0 Å². The first-order valence-electron chi connectivity index (χ1n) is 11.0. The largest absolute Gasteiger partial charge is 0.487 e. The van der Waals surface area contributed by atoms with Gasteiger partial charge in [0.15, 0.2) is 0 Å². The second-order valence-electron chi connectivity index (χ2n) is 8.33. The van der Waals surface area contributed by atoms with E-state index in [-0.39, 0.29) is 12.0 Å². The van der Waals surface area contributed by atoms with E-state index in [9.17, 15) is 4.79 Å². The first kappa shape index (κ1) is 20.3. The zero-order valence-corrected chi connectivity index (χ0v) is 18.5. The maximum Gasteiger partial charge on any atom is 0.206 e. The Morgan fingerprint density at radius 2 is 1.97 bits per heavy atom. The van der Waals surface area contributed by atoms with E-state index >= 15 is 0 Å². The molecule has 0 bridgehead atoms. The molecule has 1 fully saturated rings. The highest BCUT2D eigenvalue weighted by atomic mass is 16.5. The average molecular weight is 454 g/mol. The van der Waals surface area contributed by atoms with Gasteiger partial charge in [-0.15, -0.1) is 0 Å². The molecule has 1 N–H and O–H groups in total. The smallest absolute Gasteiger partial charge is 0.206 e. The number of hydrogen-bond acceptors (Lipinski definition) is 7. The van der Waals surface area contributed by atoms with Crippen LogP contribution in [-0.2, 0) is 13.7 Å². The Hall–Kier alpha value is -4.31. The Labute approximate surface area is 194 Å². The molecule has 4 aromatic heterocycles. The molecule has 10 heteroatoms. The highest BCUT2D eigenvalue weighted by molar-refractivity contribution is 5.84. The summed E-state index contributed by atoms with van der Waals surface area (Å²) in [6.07, 6.45) is 10.9. The van der Waals surface area contributed by atoms with Gasteiger partial charge in [-0.3, -0.25) is 19.1 Å². The van der Waals surface area contributed by atoms with Crippen LogP contribution in [0, 0.1) is 0 Å². The number of benzene rings is 1. The van der Waals surface area contributed by atoms with E-state index < -0.39 is 0 Å². The summed E-state index contributed by atoms with van der Waals surface area (Å²) in [5.74, 6) is 0.640. The van der Waals surface area contributed by atoms with E-state index in [1.807, 2.05) is 48.5 Å². The Kier molecular flexibility index (Phi) is 4.92. The predicted molar refractivity (Wildman–Crippen MR) is 126 cm³/mol. The molecule has 0 saturated carbocycles. The van der Waals surface area contributed by atoms with Crippen molar-refractivity contribution >= 4 is 10.9 Å². The molecule has 0 radical (unpaired) electrons. The molecule has 1 aromatic carbocycles. The number of nitrogens with one attached hydrogen (secondary N) is 1. The van der Waals surface area contributed by atoms with Crippen LogP contribution in [0.3, 0.4) is 0 Å². The molecule has 6 rings (SSSR count). The van der Waals surface area contributed by atoms with Crippen LogP contribution in [0.4, 0.5) is 0 Å². The van der Waals surface area contributed by atoms with Gasteiger partial charge >= 0.3 is 0 Å². The molecule has 5 heterocycles. The van der Waals surface area contributed by atoms with Crippen LogP contribution in [-0.4, -0.2) is 47.4 Å². The van der Waals surface area contributed by atoms with Crippen molar-refractivity contribution in [3.05, 3.63) is 83.4 Å². The number of fused-ring (bicyclic) bond motifs is 1. The zero-order chi connectivity index (χ0) is 23.1. The fraction of sp³-hybridized carbons (Fsp3) is 0.208. The van der Waals surface area contributed by atoms with E-state index in [2.05, 4.69) is 37.9 Å². The Morgan fingerprint density at radius 1 is 1.06 bits per heavy atom. The van der Waals surface area contributed by atoms with Gasteiger partial charge in [-0.2, -0.15) is 15.3 Å². The van der Waals surface area contributed by atoms with Gasteiger partial charge in [0.1, 0.15) is 23.7 Å². The molecule has 5 aromatic rings. The van der Waals surface area contributed by atoms with E-state index in [0.29, 0.717) is 17.5 Å². The number of aromatic nitrogens is 7. The summed E-state index contributed by atoms with van der Waals surface area (Å²) < 4.78 is 11.2. The summed E-state index contributed by atoms with van der Waals surface area (Å²) in [6, 6.07) is 9.65. The lowest BCUT2D eigenvalue weighted by atomic mass is 10.1. The quantitative estimate of drug-likeness (QED) is 0.419. The minimum absolute atomic E-state index is 0.0563. The van der Waals surface area contributed by atoms with Gasteiger partial charge in [0.05, 0.1) is 30.1 Å². The molecular weight excluding hydrogens is 432 g/mol. The normalized spacial score (nSPS) is 13.8. The Balaban J connectivity index is 1.23. The lowest BCUT2D eigenvalue weighted by Gasteiger charge is -2.27. The minimum atomic E-state index is -0.177. The standard InChI is InChI=1S/C24H22N8O2/c1-30-14-20(12-27-30)31-5-4-24(33)23(29-31)15-34-21-2-3-22-16(7-21)6-17(8-26-22)18-9-28-32(13-18)19-10-25-11-19/h2-9,12-14,19,25H,10-11,15H2,1H3.